The van der Waals surface area contributed by atoms with Crippen molar-refractivity contribution in [2.24, 2.45) is 4.99 Å². The van der Waals surface area contributed by atoms with E-state index < -0.39 is 0 Å². The summed E-state index contributed by atoms with van der Waals surface area (Å²) in [4.78, 5) is 18.6. The van der Waals surface area contributed by atoms with E-state index in [4.69, 9.17) is 4.74 Å². The minimum atomic E-state index is 0. The van der Waals surface area contributed by atoms with Crippen molar-refractivity contribution < 1.29 is 9.53 Å². The van der Waals surface area contributed by atoms with Crippen molar-refractivity contribution in [1.82, 2.24) is 15.5 Å². The molecule has 0 unspecified atom stereocenters. The third-order valence-corrected chi connectivity index (χ3v) is 4.50. The number of amides is 1. The predicted molar refractivity (Wildman–Crippen MR) is 126 cm³/mol. The molecule has 0 aliphatic carbocycles. The van der Waals surface area contributed by atoms with Gasteiger partial charge in [0.05, 0.1) is 6.61 Å². The van der Waals surface area contributed by atoms with Gasteiger partial charge in [-0.1, -0.05) is 24.6 Å². The van der Waals surface area contributed by atoms with Crippen LogP contribution in [0.4, 0.5) is 0 Å². The summed E-state index contributed by atoms with van der Waals surface area (Å²) in [5.74, 6) is 2.04. The molecule has 158 valence electrons. The molecule has 1 aromatic carbocycles. The monoisotopic (exact) mass is 502 g/mol. The Morgan fingerprint density at radius 2 is 1.96 bits per heavy atom. The summed E-state index contributed by atoms with van der Waals surface area (Å²) in [6.07, 6.45) is 5.86. The van der Waals surface area contributed by atoms with Crippen LogP contribution in [0, 0.1) is 0 Å². The van der Waals surface area contributed by atoms with Gasteiger partial charge in [-0.15, -0.1) is 24.0 Å². The molecule has 1 aliphatic rings. The summed E-state index contributed by atoms with van der Waals surface area (Å²) in [5.41, 5.74) is 0. The Balaban J connectivity index is 0.00000392. The topological polar surface area (TPSA) is 66.0 Å². The molecule has 0 radical (unpaired) electrons. The Morgan fingerprint density at radius 3 is 2.75 bits per heavy atom. The van der Waals surface area contributed by atoms with Gasteiger partial charge >= 0.3 is 0 Å². The lowest BCUT2D eigenvalue weighted by atomic mass is 10.2. The van der Waals surface area contributed by atoms with Crippen LogP contribution < -0.4 is 15.4 Å². The number of para-hydroxylation sites is 1. The molecule has 1 saturated heterocycles. The van der Waals surface area contributed by atoms with Crippen molar-refractivity contribution in [2.75, 3.05) is 39.3 Å². The maximum atomic E-state index is 12.0. The van der Waals surface area contributed by atoms with Gasteiger partial charge in [0.2, 0.25) is 5.91 Å². The highest BCUT2D eigenvalue weighted by Crippen LogP contribution is 2.11. The molecule has 7 heteroatoms. The van der Waals surface area contributed by atoms with Crippen LogP contribution in [0.3, 0.4) is 0 Å². The number of nitrogens with zero attached hydrogens (tertiary/aromatic N) is 2. The molecule has 2 rings (SSSR count). The summed E-state index contributed by atoms with van der Waals surface area (Å²) < 4.78 is 5.69. The normalized spacial score (nSPS) is 14.8. The Morgan fingerprint density at radius 1 is 1.14 bits per heavy atom. The minimum absolute atomic E-state index is 0. The fraction of sp³-hybridized carbons (Fsp3) is 0.619. The standard InChI is InChI=1S/C21H34N4O2.HI/c1-2-22-21(24-15-10-18-27-19-11-5-3-6-12-19)23-14-9-17-25-16-8-4-7-13-20(25)26;/h3,5-6,11-12H,2,4,7-10,13-18H2,1H3,(H2,22,23,24);1H. The SMILES string of the molecule is CCNC(=NCCCOc1ccccc1)NCCCN1CCCCCC1=O.I. The van der Waals surface area contributed by atoms with Crippen LogP contribution in [0.15, 0.2) is 35.3 Å². The van der Waals surface area contributed by atoms with E-state index >= 15 is 0 Å². The van der Waals surface area contributed by atoms with E-state index in [9.17, 15) is 4.79 Å². The molecule has 2 N–H and O–H groups in total. The number of carbonyl (C=O) groups is 1. The average molecular weight is 502 g/mol. The molecule has 6 nitrogen and oxygen atoms in total. The third kappa shape index (κ3) is 10.1. The van der Waals surface area contributed by atoms with Gasteiger partial charge in [0.1, 0.15) is 5.75 Å². The van der Waals surface area contributed by atoms with Crippen molar-refractivity contribution in [3.05, 3.63) is 30.3 Å². The Bertz CT molecular complexity index is 569. The zero-order chi connectivity index (χ0) is 19.2. The van der Waals surface area contributed by atoms with E-state index in [1.54, 1.807) is 0 Å². The molecule has 0 bridgehead atoms. The molecule has 1 aliphatic heterocycles. The van der Waals surface area contributed by atoms with Crippen molar-refractivity contribution in [1.29, 1.82) is 0 Å². The molecule has 1 aromatic rings. The van der Waals surface area contributed by atoms with Crippen LogP contribution >= 0.6 is 24.0 Å². The lowest BCUT2D eigenvalue weighted by molar-refractivity contribution is -0.130. The third-order valence-electron chi connectivity index (χ3n) is 4.50. The van der Waals surface area contributed by atoms with Crippen molar-refractivity contribution >= 4 is 35.8 Å². The fourth-order valence-corrected chi connectivity index (χ4v) is 3.06. The highest BCUT2D eigenvalue weighted by atomic mass is 127. The van der Waals surface area contributed by atoms with Crippen molar-refractivity contribution in [3.63, 3.8) is 0 Å². The number of rotatable bonds is 10. The molecule has 0 atom stereocenters. The Kier molecular flexibility index (Phi) is 13.5. The van der Waals surface area contributed by atoms with Gasteiger partial charge in [-0.05, 0) is 38.3 Å². The van der Waals surface area contributed by atoms with Crippen LogP contribution in [0.1, 0.15) is 45.4 Å². The second-order valence-corrected chi connectivity index (χ2v) is 6.75. The second kappa shape index (κ2) is 15.4. The number of benzene rings is 1. The Hall–Kier alpha value is -1.51. The molecule has 0 aromatic heterocycles. The van der Waals surface area contributed by atoms with E-state index in [0.717, 1.165) is 63.6 Å². The van der Waals surface area contributed by atoms with Gasteiger partial charge in [0.25, 0.3) is 0 Å². The molecule has 0 saturated carbocycles. The maximum Gasteiger partial charge on any atom is 0.222 e. The van der Waals surface area contributed by atoms with E-state index in [-0.39, 0.29) is 24.0 Å². The highest BCUT2D eigenvalue weighted by molar-refractivity contribution is 14.0. The number of nitrogens with one attached hydrogen (secondary N) is 2. The molecular weight excluding hydrogens is 467 g/mol. The van der Waals surface area contributed by atoms with Gasteiger partial charge in [0.15, 0.2) is 5.96 Å². The maximum absolute atomic E-state index is 12.0. The first-order valence-electron chi connectivity index (χ1n) is 10.3. The fourth-order valence-electron chi connectivity index (χ4n) is 3.06. The molecule has 1 fully saturated rings. The van der Waals surface area contributed by atoms with Crippen LogP contribution in [-0.2, 0) is 4.79 Å². The van der Waals surface area contributed by atoms with Crippen LogP contribution in [-0.4, -0.2) is 56.1 Å². The van der Waals surface area contributed by atoms with Gasteiger partial charge in [0, 0.05) is 45.6 Å². The number of halogens is 1. The number of aliphatic imine (C=N–C) groups is 1. The number of hydrogen-bond acceptors (Lipinski definition) is 3. The summed E-state index contributed by atoms with van der Waals surface area (Å²) in [6.45, 7) is 6.82. The summed E-state index contributed by atoms with van der Waals surface area (Å²) in [7, 11) is 0. The van der Waals surface area contributed by atoms with E-state index in [1.807, 2.05) is 35.2 Å². The lowest BCUT2D eigenvalue weighted by Gasteiger charge is -2.20. The van der Waals surface area contributed by atoms with Gasteiger partial charge in [-0.3, -0.25) is 9.79 Å². The van der Waals surface area contributed by atoms with Crippen LogP contribution in [0.5, 0.6) is 5.75 Å². The van der Waals surface area contributed by atoms with E-state index in [2.05, 4.69) is 22.5 Å². The molecule has 0 spiro atoms. The van der Waals surface area contributed by atoms with Gasteiger partial charge in [-0.2, -0.15) is 0 Å². The molecule has 1 heterocycles. The van der Waals surface area contributed by atoms with Crippen LogP contribution in [0.25, 0.3) is 0 Å². The summed E-state index contributed by atoms with van der Waals surface area (Å²) in [5, 5.41) is 6.63. The van der Waals surface area contributed by atoms with E-state index in [1.165, 1.54) is 6.42 Å². The largest absolute Gasteiger partial charge is 0.494 e. The number of guanidine groups is 1. The summed E-state index contributed by atoms with van der Waals surface area (Å²) >= 11 is 0. The zero-order valence-corrected chi connectivity index (χ0v) is 19.3. The zero-order valence-electron chi connectivity index (χ0n) is 17.0. The second-order valence-electron chi connectivity index (χ2n) is 6.75. The predicted octanol–water partition coefficient (Wildman–Crippen LogP) is 3.42. The van der Waals surface area contributed by atoms with Crippen molar-refractivity contribution in [3.8, 4) is 5.75 Å². The smallest absolute Gasteiger partial charge is 0.222 e. The van der Waals surface area contributed by atoms with Crippen molar-refractivity contribution in [2.45, 2.75) is 45.4 Å². The Labute approximate surface area is 186 Å². The van der Waals surface area contributed by atoms with E-state index in [0.29, 0.717) is 25.5 Å². The molecule has 28 heavy (non-hydrogen) atoms. The summed E-state index contributed by atoms with van der Waals surface area (Å²) in [6, 6.07) is 9.85. The number of carbonyl (C=O) groups excluding carboxylic acids is 1. The quantitative estimate of drug-likeness (QED) is 0.223. The first kappa shape index (κ1) is 24.5. The minimum Gasteiger partial charge on any atom is -0.494 e. The number of likely N-dealkylation sites (tertiary alicyclic amines) is 1. The van der Waals surface area contributed by atoms with Gasteiger partial charge < -0.3 is 20.3 Å². The number of hydrogen-bond donors (Lipinski definition) is 2. The first-order chi connectivity index (χ1) is 13.3. The van der Waals surface area contributed by atoms with Gasteiger partial charge in [-0.25, -0.2) is 0 Å². The molecular formula is C21H35IN4O2. The van der Waals surface area contributed by atoms with Crippen LogP contribution in [0.2, 0.25) is 0 Å². The average Bonchev–Trinajstić information content (AvgIpc) is 2.90. The first-order valence-corrected chi connectivity index (χ1v) is 10.3. The molecule has 1 amide bonds. The lowest BCUT2D eigenvalue weighted by Crippen LogP contribution is -2.39. The number of ether oxygens (including phenoxy) is 1. The highest BCUT2D eigenvalue weighted by Gasteiger charge is 2.15.